The molecular formula is C10H9BrFN5S. The second-order valence-corrected chi connectivity index (χ2v) is 5.91. The summed E-state index contributed by atoms with van der Waals surface area (Å²) in [5, 5.41) is 12.3. The smallest absolute Gasteiger partial charge is 0.214 e. The first-order valence-electron chi connectivity index (χ1n) is 5.35. The largest absolute Gasteiger partial charge is 0.398 e. The molecule has 0 spiro atoms. The number of nitrogens with zero attached hydrogens (tertiary/aromatic N) is 4. The predicted octanol–water partition coefficient (Wildman–Crippen LogP) is 2.64. The number of aromatic nitrogens is 4. The zero-order valence-electron chi connectivity index (χ0n) is 9.18. The molecule has 5 nitrogen and oxygen atoms in total. The fraction of sp³-hybridized carbons (Fsp3) is 0.300. The van der Waals surface area contributed by atoms with Crippen LogP contribution in [-0.2, 0) is 0 Å². The third-order valence-electron chi connectivity index (χ3n) is 2.61. The molecule has 18 heavy (non-hydrogen) atoms. The first-order valence-corrected chi connectivity index (χ1v) is 6.96. The van der Waals surface area contributed by atoms with Gasteiger partial charge in [-0.25, -0.2) is 9.07 Å². The van der Waals surface area contributed by atoms with Gasteiger partial charge in [0.05, 0.1) is 10.5 Å². The monoisotopic (exact) mass is 329 g/mol. The Morgan fingerprint density at radius 1 is 1.44 bits per heavy atom. The molecule has 0 amide bonds. The van der Waals surface area contributed by atoms with Gasteiger partial charge in [0.1, 0.15) is 5.82 Å². The number of rotatable bonds is 3. The molecule has 2 aromatic rings. The molecule has 1 aliphatic carbocycles. The Bertz CT molecular complexity index is 598. The Labute approximate surface area is 115 Å². The fourth-order valence-corrected chi connectivity index (χ4v) is 2.93. The van der Waals surface area contributed by atoms with Crippen molar-refractivity contribution in [1.29, 1.82) is 0 Å². The van der Waals surface area contributed by atoms with Crippen molar-refractivity contribution in [1.82, 2.24) is 20.2 Å². The van der Waals surface area contributed by atoms with E-state index in [1.165, 1.54) is 17.8 Å². The molecule has 1 fully saturated rings. The summed E-state index contributed by atoms with van der Waals surface area (Å²) >= 11 is 4.49. The number of anilines is 1. The lowest BCUT2D eigenvalue weighted by molar-refractivity contribution is 0.565. The standard InChI is InChI=1S/C10H9BrFN5S/c11-6-3-9(8(13)4-7(6)12)18-10-14-15-16-17(10)5-1-2-5/h3-5H,1-2,13H2. The van der Waals surface area contributed by atoms with Gasteiger partial charge >= 0.3 is 0 Å². The van der Waals surface area contributed by atoms with Crippen LogP contribution in [0.2, 0.25) is 0 Å². The summed E-state index contributed by atoms with van der Waals surface area (Å²) in [6, 6.07) is 3.33. The van der Waals surface area contributed by atoms with Gasteiger partial charge in [0.2, 0.25) is 5.16 Å². The van der Waals surface area contributed by atoms with Crippen LogP contribution >= 0.6 is 27.7 Å². The maximum Gasteiger partial charge on any atom is 0.214 e. The summed E-state index contributed by atoms with van der Waals surface area (Å²) in [6.07, 6.45) is 2.20. The van der Waals surface area contributed by atoms with Gasteiger partial charge in [0, 0.05) is 10.6 Å². The Morgan fingerprint density at radius 2 is 2.22 bits per heavy atom. The van der Waals surface area contributed by atoms with Crippen LogP contribution in [0.4, 0.5) is 10.1 Å². The van der Waals surface area contributed by atoms with Gasteiger partial charge in [-0.2, -0.15) is 0 Å². The lowest BCUT2D eigenvalue weighted by Gasteiger charge is -2.06. The number of nitrogens with two attached hydrogens (primary N) is 1. The molecule has 3 rings (SSSR count). The summed E-state index contributed by atoms with van der Waals surface area (Å²) in [5.41, 5.74) is 6.17. The van der Waals surface area contributed by atoms with E-state index in [1.807, 2.05) is 0 Å². The van der Waals surface area contributed by atoms with Crippen molar-refractivity contribution in [3.05, 3.63) is 22.4 Å². The number of halogens is 2. The highest BCUT2D eigenvalue weighted by Gasteiger charge is 2.28. The van der Waals surface area contributed by atoms with Crippen molar-refractivity contribution in [2.45, 2.75) is 28.9 Å². The van der Waals surface area contributed by atoms with E-state index in [-0.39, 0.29) is 5.82 Å². The van der Waals surface area contributed by atoms with E-state index in [4.69, 9.17) is 5.73 Å². The quantitative estimate of drug-likeness (QED) is 0.876. The lowest BCUT2D eigenvalue weighted by atomic mass is 10.3. The highest BCUT2D eigenvalue weighted by molar-refractivity contribution is 9.10. The van der Waals surface area contributed by atoms with E-state index in [9.17, 15) is 4.39 Å². The zero-order valence-corrected chi connectivity index (χ0v) is 11.6. The van der Waals surface area contributed by atoms with Gasteiger partial charge in [-0.1, -0.05) is 0 Å². The molecule has 0 bridgehead atoms. The van der Waals surface area contributed by atoms with Crippen LogP contribution in [-0.4, -0.2) is 20.2 Å². The van der Waals surface area contributed by atoms with Gasteiger partial charge in [0.15, 0.2) is 0 Å². The van der Waals surface area contributed by atoms with Crippen LogP contribution in [0.3, 0.4) is 0 Å². The van der Waals surface area contributed by atoms with E-state index >= 15 is 0 Å². The molecule has 0 saturated heterocycles. The Balaban J connectivity index is 1.92. The summed E-state index contributed by atoms with van der Waals surface area (Å²) in [7, 11) is 0. The van der Waals surface area contributed by atoms with Crippen LogP contribution < -0.4 is 5.73 Å². The molecule has 0 aliphatic heterocycles. The van der Waals surface area contributed by atoms with Crippen LogP contribution in [0.15, 0.2) is 26.7 Å². The number of tetrazole rings is 1. The van der Waals surface area contributed by atoms with E-state index in [0.29, 0.717) is 21.4 Å². The summed E-state index contributed by atoms with van der Waals surface area (Å²) < 4.78 is 15.4. The maximum absolute atomic E-state index is 13.3. The van der Waals surface area contributed by atoms with E-state index in [1.54, 1.807) is 10.7 Å². The van der Waals surface area contributed by atoms with Crippen LogP contribution in [0.1, 0.15) is 18.9 Å². The van der Waals surface area contributed by atoms with Gasteiger partial charge < -0.3 is 5.73 Å². The summed E-state index contributed by atoms with van der Waals surface area (Å²) in [6.45, 7) is 0. The minimum atomic E-state index is -0.376. The predicted molar refractivity (Wildman–Crippen MR) is 68.7 cm³/mol. The molecule has 0 atom stereocenters. The Kier molecular flexibility index (Phi) is 2.98. The van der Waals surface area contributed by atoms with Crippen LogP contribution in [0.25, 0.3) is 0 Å². The van der Waals surface area contributed by atoms with E-state index < -0.39 is 0 Å². The van der Waals surface area contributed by atoms with E-state index in [2.05, 4.69) is 31.5 Å². The zero-order chi connectivity index (χ0) is 12.7. The van der Waals surface area contributed by atoms with Crippen molar-refractivity contribution in [3.8, 4) is 0 Å². The third kappa shape index (κ3) is 2.22. The number of benzene rings is 1. The summed E-state index contributed by atoms with van der Waals surface area (Å²) in [5.74, 6) is -0.376. The first kappa shape index (κ1) is 11.9. The van der Waals surface area contributed by atoms with E-state index in [0.717, 1.165) is 17.7 Å². The lowest BCUT2D eigenvalue weighted by Crippen LogP contribution is -1.99. The van der Waals surface area contributed by atoms with Crippen LogP contribution in [0, 0.1) is 5.82 Å². The number of hydrogen-bond donors (Lipinski definition) is 1. The van der Waals surface area contributed by atoms with Crippen LogP contribution in [0.5, 0.6) is 0 Å². The minimum absolute atomic E-state index is 0.376. The fourth-order valence-electron chi connectivity index (χ4n) is 1.53. The van der Waals surface area contributed by atoms with Crippen molar-refractivity contribution >= 4 is 33.4 Å². The second-order valence-electron chi connectivity index (χ2n) is 4.04. The molecular weight excluding hydrogens is 321 g/mol. The Hall–Kier alpha value is -1.15. The van der Waals surface area contributed by atoms with Gasteiger partial charge in [-0.3, -0.25) is 0 Å². The molecule has 1 aliphatic rings. The van der Waals surface area contributed by atoms with Gasteiger partial charge in [-0.05, 0) is 63.1 Å². The average molecular weight is 330 g/mol. The molecule has 8 heteroatoms. The number of nitrogen functional groups attached to an aromatic ring is 1. The summed E-state index contributed by atoms with van der Waals surface area (Å²) in [4.78, 5) is 0.736. The minimum Gasteiger partial charge on any atom is -0.398 e. The van der Waals surface area contributed by atoms with Gasteiger partial charge in [0.25, 0.3) is 0 Å². The van der Waals surface area contributed by atoms with Crippen molar-refractivity contribution in [2.24, 2.45) is 0 Å². The highest BCUT2D eigenvalue weighted by Crippen LogP contribution is 2.39. The van der Waals surface area contributed by atoms with Gasteiger partial charge in [-0.15, -0.1) is 5.10 Å². The maximum atomic E-state index is 13.3. The normalized spacial score (nSPS) is 15.0. The molecule has 1 heterocycles. The first-order chi connectivity index (χ1) is 8.65. The molecule has 0 unspecified atom stereocenters. The molecule has 1 aromatic heterocycles. The number of hydrogen-bond acceptors (Lipinski definition) is 5. The molecule has 1 saturated carbocycles. The Morgan fingerprint density at radius 3 is 2.94 bits per heavy atom. The second kappa shape index (κ2) is 4.51. The van der Waals surface area contributed by atoms with Crippen molar-refractivity contribution < 1.29 is 4.39 Å². The van der Waals surface area contributed by atoms with Crippen molar-refractivity contribution in [2.75, 3.05) is 5.73 Å². The highest BCUT2D eigenvalue weighted by atomic mass is 79.9. The average Bonchev–Trinajstić information content (AvgIpc) is 3.07. The SMILES string of the molecule is Nc1cc(F)c(Br)cc1Sc1nnnn1C1CC1. The third-order valence-corrected chi connectivity index (χ3v) is 4.24. The molecule has 94 valence electrons. The molecule has 0 radical (unpaired) electrons. The molecule has 2 N–H and O–H groups in total. The topological polar surface area (TPSA) is 69.6 Å². The van der Waals surface area contributed by atoms with Crippen molar-refractivity contribution in [3.63, 3.8) is 0 Å². The molecule has 1 aromatic carbocycles.